The van der Waals surface area contributed by atoms with Gasteiger partial charge in [-0.25, -0.2) is 0 Å². The number of ether oxygens (including phenoxy) is 2. The maximum Gasteiger partial charge on any atom is 0.170 e. The van der Waals surface area contributed by atoms with Crippen molar-refractivity contribution in [1.29, 1.82) is 0 Å². The first-order valence-electron chi connectivity index (χ1n) is 6.81. The molecular weight excluding hydrogens is 354 g/mol. The van der Waals surface area contributed by atoms with Crippen LogP contribution in [-0.2, 0) is 0 Å². The minimum Gasteiger partial charge on any atom is -0.485 e. The average molecular weight is 369 g/mol. The van der Waals surface area contributed by atoms with Crippen molar-refractivity contribution in [3.63, 3.8) is 0 Å². The summed E-state index contributed by atoms with van der Waals surface area (Å²) in [5.41, 5.74) is 0. The van der Waals surface area contributed by atoms with Crippen LogP contribution < -0.4 is 14.8 Å². The summed E-state index contributed by atoms with van der Waals surface area (Å²) in [5.74, 6) is 2.10. The predicted molar refractivity (Wildman–Crippen MR) is 87.6 cm³/mol. The average Bonchev–Trinajstić information content (AvgIpc) is 2.97. The summed E-state index contributed by atoms with van der Waals surface area (Å²) >= 11 is 9.48. The van der Waals surface area contributed by atoms with Crippen LogP contribution in [0.4, 0.5) is 0 Å². The molecule has 2 aromatic rings. The Balaban J connectivity index is 1.81. The Morgan fingerprint density at radius 2 is 1.90 bits per heavy atom. The van der Waals surface area contributed by atoms with Crippen LogP contribution in [0.2, 0.25) is 5.02 Å². The molecule has 3 rings (SSSR count). The van der Waals surface area contributed by atoms with Gasteiger partial charge in [-0.15, -0.1) is 0 Å². The highest BCUT2D eigenvalue weighted by molar-refractivity contribution is 9.10. The van der Waals surface area contributed by atoms with Crippen LogP contribution in [0.3, 0.4) is 0 Å². The third-order valence-electron chi connectivity index (χ3n) is 3.26. The maximum absolute atomic E-state index is 6.07. The molecule has 0 saturated carbocycles. The van der Waals surface area contributed by atoms with E-state index in [4.69, 9.17) is 21.1 Å². The van der Waals surface area contributed by atoms with Crippen LogP contribution >= 0.6 is 27.5 Å². The lowest BCUT2D eigenvalue weighted by atomic mass is 10.3. The van der Waals surface area contributed by atoms with Crippen molar-refractivity contribution < 1.29 is 9.47 Å². The van der Waals surface area contributed by atoms with Crippen LogP contribution in [0.25, 0.3) is 0 Å². The Kier molecular flexibility index (Phi) is 4.68. The second kappa shape index (κ2) is 6.69. The maximum atomic E-state index is 6.07. The van der Waals surface area contributed by atoms with Gasteiger partial charge in [0.05, 0.1) is 0 Å². The molecule has 0 spiro atoms. The quantitative estimate of drug-likeness (QED) is 0.853. The van der Waals surface area contributed by atoms with Gasteiger partial charge in [-0.2, -0.15) is 0 Å². The van der Waals surface area contributed by atoms with Gasteiger partial charge in [-0.05, 0) is 49.4 Å². The van der Waals surface area contributed by atoms with E-state index in [-0.39, 0.29) is 6.10 Å². The molecule has 2 aromatic carbocycles. The number of benzene rings is 2. The third kappa shape index (κ3) is 3.90. The smallest absolute Gasteiger partial charge is 0.170 e. The second-order valence-corrected chi connectivity index (χ2v) is 6.23. The van der Waals surface area contributed by atoms with Gasteiger partial charge in [0.15, 0.2) is 11.5 Å². The van der Waals surface area contributed by atoms with E-state index < -0.39 is 0 Å². The zero-order chi connectivity index (χ0) is 14.7. The van der Waals surface area contributed by atoms with E-state index in [0.29, 0.717) is 10.8 Å². The van der Waals surface area contributed by atoms with Crippen molar-refractivity contribution in [2.75, 3.05) is 13.1 Å². The van der Waals surface area contributed by atoms with E-state index in [2.05, 4.69) is 21.2 Å². The molecule has 1 aliphatic rings. The highest BCUT2D eigenvalue weighted by Gasteiger charge is 2.18. The number of hydrogen-bond acceptors (Lipinski definition) is 3. The number of hydrogen-bond donors (Lipinski definition) is 1. The van der Waals surface area contributed by atoms with E-state index in [0.717, 1.165) is 35.5 Å². The third-order valence-corrected chi connectivity index (χ3v) is 4.02. The molecule has 1 fully saturated rings. The lowest BCUT2D eigenvalue weighted by Crippen LogP contribution is -2.19. The van der Waals surface area contributed by atoms with Gasteiger partial charge in [0.2, 0.25) is 0 Å². The molecule has 110 valence electrons. The van der Waals surface area contributed by atoms with Gasteiger partial charge in [0.25, 0.3) is 0 Å². The molecule has 3 nitrogen and oxygen atoms in total. The van der Waals surface area contributed by atoms with Gasteiger partial charge < -0.3 is 14.8 Å². The Labute approximate surface area is 137 Å². The lowest BCUT2D eigenvalue weighted by molar-refractivity contribution is 0.215. The van der Waals surface area contributed by atoms with Crippen molar-refractivity contribution in [3.05, 3.63) is 52.0 Å². The van der Waals surface area contributed by atoms with E-state index in [9.17, 15) is 0 Å². The molecule has 0 radical (unpaired) electrons. The van der Waals surface area contributed by atoms with Crippen molar-refractivity contribution in [2.24, 2.45) is 0 Å². The molecule has 5 heteroatoms. The fourth-order valence-electron chi connectivity index (χ4n) is 2.20. The highest BCUT2D eigenvalue weighted by atomic mass is 79.9. The first-order chi connectivity index (χ1) is 10.2. The molecule has 21 heavy (non-hydrogen) atoms. The molecule has 1 heterocycles. The van der Waals surface area contributed by atoms with Gasteiger partial charge in [0, 0.05) is 22.1 Å². The van der Waals surface area contributed by atoms with E-state index in [1.807, 2.05) is 36.4 Å². The van der Waals surface area contributed by atoms with Crippen LogP contribution in [0, 0.1) is 0 Å². The Morgan fingerprint density at radius 1 is 1.10 bits per heavy atom. The number of rotatable bonds is 4. The molecule has 1 aliphatic heterocycles. The zero-order valence-corrected chi connectivity index (χ0v) is 13.7. The SMILES string of the molecule is Clc1ccc(O[C@H]2CCNC2)c(Oc2ccc(Br)cc2)c1. The predicted octanol–water partition coefficient (Wildman–Crippen LogP) is 4.64. The van der Waals surface area contributed by atoms with E-state index >= 15 is 0 Å². The topological polar surface area (TPSA) is 30.5 Å². The van der Waals surface area contributed by atoms with Gasteiger partial charge in [-0.1, -0.05) is 27.5 Å². The summed E-state index contributed by atoms with van der Waals surface area (Å²) in [5, 5.41) is 3.91. The van der Waals surface area contributed by atoms with Crippen LogP contribution in [0.5, 0.6) is 17.2 Å². The van der Waals surface area contributed by atoms with E-state index in [1.54, 1.807) is 6.07 Å². The van der Waals surface area contributed by atoms with Gasteiger partial charge >= 0.3 is 0 Å². The molecule has 0 unspecified atom stereocenters. The summed E-state index contributed by atoms with van der Waals surface area (Å²) in [6.07, 6.45) is 1.18. The van der Waals surface area contributed by atoms with Crippen LogP contribution in [-0.4, -0.2) is 19.2 Å². The molecule has 0 aromatic heterocycles. The first-order valence-corrected chi connectivity index (χ1v) is 7.98. The molecule has 0 amide bonds. The zero-order valence-electron chi connectivity index (χ0n) is 11.3. The molecule has 0 bridgehead atoms. The van der Waals surface area contributed by atoms with Crippen LogP contribution in [0.1, 0.15) is 6.42 Å². The number of halogens is 2. The normalized spacial score (nSPS) is 17.7. The fourth-order valence-corrected chi connectivity index (χ4v) is 2.62. The standard InChI is InChI=1S/C16H15BrClNO2/c17-11-1-4-13(5-2-11)20-16-9-12(18)3-6-15(16)21-14-7-8-19-10-14/h1-6,9,14,19H,7-8,10H2/t14-/m0/s1. The molecule has 1 N–H and O–H groups in total. The van der Waals surface area contributed by atoms with Gasteiger partial charge in [0.1, 0.15) is 11.9 Å². The summed E-state index contributed by atoms with van der Waals surface area (Å²) < 4.78 is 12.9. The Hall–Kier alpha value is -1.23. The summed E-state index contributed by atoms with van der Waals surface area (Å²) in [7, 11) is 0. The van der Waals surface area contributed by atoms with Crippen molar-refractivity contribution in [3.8, 4) is 17.2 Å². The lowest BCUT2D eigenvalue weighted by Gasteiger charge is -2.16. The monoisotopic (exact) mass is 367 g/mol. The summed E-state index contributed by atoms with van der Waals surface area (Å²) in [4.78, 5) is 0. The summed E-state index contributed by atoms with van der Waals surface area (Å²) in [6.45, 7) is 1.85. The van der Waals surface area contributed by atoms with Crippen molar-refractivity contribution >= 4 is 27.5 Å². The fraction of sp³-hybridized carbons (Fsp3) is 0.250. The van der Waals surface area contributed by atoms with Crippen molar-refractivity contribution in [2.45, 2.75) is 12.5 Å². The Morgan fingerprint density at radius 3 is 2.62 bits per heavy atom. The largest absolute Gasteiger partial charge is 0.485 e. The van der Waals surface area contributed by atoms with E-state index in [1.165, 1.54) is 0 Å². The first kappa shape index (κ1) is 14.7. The second-order valence-electron chi connectivity index (χ2n) is 4.88. The van der Waals surface area contributed by atoms with Gasteiger partial charge in [-0.3, -0.25) is 0 Å². The summed E-state index contributed by atoms with van der Waals surface area (Å²) in [6, 6.07) is 13.1. The molecule has 1 atom stereocenters. The minimum absolute atomic E-state index is 0.179. The highest BCUT2D eigenvalue weighted by Crippen LogP contribution is 2.35. The number of nitrogens with one attached hydrogen (secondary N) is 1. The minimum atomic E-state index is 0.179. The Bertz CT molecular complexity index is 612. The molecular formula is C16H15BrClNO2. The van der Waals surface area contributed by atoms with Crippen molar-refractivity contribution in [1.82, 2.24) is 5.32 Å². The molecule has 0 aliphatic carbocycles. The van der Waals surface area contributed by atoms with Crippen LogP contribution in [0.15, 0.2) is 46.9 Å². The molecule has 1 saturated heterocycles.